The van der Waals surface area contributed by atoms with Crippen LogP contribution in [0.1, 0.15) is 39.2 Å². The molecular weight excluding hydrogens is 310 g/mol. The number of aliphatic carboxylic acids is 1. The second-order valence-electron chi connectivity index (χ2n) is 6.94. The number of carboxylic acid groups (broad SMARTS) is 1. The van der Waals surface area contributed by atoms with Crippen molar-refractivity contribution in [3.8, 4) is 5.75 Å². The van der Waals surface area contributed by atoms with Gasteiger partial charge in [0, 0.05) is 0 Å². The Morgan fingerprint density at radius 2 is 1.83 bits per heavy atom. The molecular formula is C18H25NO5. The molecule has 0 radical (unpaired) electrons. The number of ether oxygens (including phenoxy) is 2. The van der Waals surface area contributed by atoms with E-state index in [-0.39, 0.29) is 11.3 Å². The van der Waals surface area contributed by atoms with E-state index in [1.807, 2.05) is 24.3 Å². The summed E-state index contributed by atoms with van der Waals surface area (Å²) in [5, 5.41) is 11.6. The Labute approximate surface area is 142 Å². The molecule has 0 saturated carbocycles. The SMILES string of the molecule is CC(C)(C)c1ccc(OCCNC(=O)[C@@H]2CC[C@H](C(=O)O)O2)cc1. The molecule has 2 atom stereocenters. The predicted octanol–water partition coefficient (Wildman–Crippen LogP) is 2.11. The van der Waals surface area contributed by atoms with Crippen LogP contribution in [0.4, 0.5) is 0 Å². The Bertz CT molecular complexity index is 576. The molecule has 0 aliphatic carbocycles. The zero-order valence-corrected chi connectivity index (χ0v) is 14.4. The van der Waals surface area contributed by atoms with Gasteiger partial charge in [0.15, 0.2) is 6.10 Å². The molecule has 1 heterocycles. The third kappa shape index (κ3) is 4.96. The van der Waals surface area contributed by atoms with Gasteiger partial charge in [-0.3, -0.25) is 4.79 Å². The van der Waals surface area contributed by atoms with Gasteiger partial charge in [0.25, 0.3) is 0 Å². The lowest BCUT2D eigenvalue weighted by Gasteiger charge is -2.19. The van der Waals surface area contributed by atoms with Gasteiger partial charge in [-0.15, -0.1) is 0 Å². The van der Waals surface area contributed by atoms with Gasteiger partial charge >= 0.3 is 5.97 Å². The van der Waals surface area contributed by atoms with Crippen molar-refractivity contribution in [1.29, 1.82) is 0 Å². The van der Waals surface area contributed by atoms with Gasteiger partial charge in [0.1, 0.15) is 18.5 Å². The van der Waals surface area contributed by atoms with E-state index in [9.17, 15) is 9.59 Å². The van der Waals surface area contributed by atoms with Crippen LogP contribution < -0.4 is 10.1 Å². The number of carboxylic acids is 1. The van der Waals surface area contributed by atoms with E-state index in [0.29, 0.717) is 26.0 Å². The minimum absolute atomic E-state index is 0.0988. The topological polar surface area (TPSA) is 84.9 Å². The molecule has 1 aromatic carbocycles. The van der Waals surface area contributed by atoms with Gasteiger partial charge in [0.05, 0.1) is 6.54 Å². The number of hydrogen-bond donors (Lipinski definition) is 2. The van der Waals surface area contributed by atoms with E-state index < -0.39 is 18.2 Å². The number of amides is 1. The van der Waals surface area contributed by atoms with Crippen LogP contribution in [0.15, 0.2) is 24.3 Å². The predicted molar refractivity (Wildman–Crippen MR) is 89.2 cm³/mol. The molecule has 0 bridgehead atoms. The van der Waals surface area contributed by atoms with E-state index >= 15 is 0 Å². The lowest BCUT2D eigenvalue weighted by atomic mass is 9.87. The van der Waals surface area contributed by atoms with E-state index in [4.69, 9.17) is 14.6 Å². The molecule has 2 N–H and O–H groups in total. The molecule has 24 heavy (non-hydrogen) atoms. The summed E-state index contributed by atoms with van der Waals surface area (Å²) in [4.78, 5) is 22.7. The third-order valence-electron chi connectivity index (χ3n) is 3.98. The van der Waals surface area contributed by atoms with Crippen molar-refractivity contribution >= 4 is 11.9 Å². The number of nitrogens with one attached hydrogen (secondary N) is 1. The zero-order chi connectivity index (χ0) is 17.7. The fourth-order valence-electron chi connectivity index (χ4n) is 2.52. The van der Waals surface area contributed by atoms with Crippen molar-refractivity contribution < 1.29 is 24.2 Å². The molecule has 2 rings (SSSR count). The van der Waals surface area contributed by atoms with Gasteiger partial charge in [-0.25, -0.2) is 4.79 Å². The monoisotopic (exact) mass is 335 g/mol. The van der Waals surface area contributed by atoms with Crippen molar-refractivity contribution in [2.45, 2.75) is 51.2 Å². The Hall–Kier alpha value is -2.08. The van der Waals surface area contributed by atoms with Crippen LogP contribution in [0.25, 0.3) is 0 Å². The van der Waals surface area contributed by atoms with Crippen LogP contribution in [-0.2, 0) is 19.7 Å². The summed E-state index contributed by atoms with van der Waals surface area (Å²) in [6.45, 7) is 7.14. The van der Waals surface area contributed by atoms with Gasteiger partial charge < -0.3 is 19.9 Å². The highest BCUT2D eigenvalue weighted by Crippen LogP contribution is 2.24. The fourth-order valence-corrected chi connectivity index (χ4v) is 2.52. The van der Waals surface area contributed by atoms with Gasteiger partial charge in [0.2, 0.25) is 5.91 Å². The first-order chi connectivity index (χ1) is 11.3. The minimum atomic E-state index is -1.02. The number of rotatable bonds is 6. The standard InChI is InChI=1S/C18H25NO5/c1-18(2,3)12-4-6-13(7-5-12)23-11-10-19-16(20)14-8-9-15(24-14)17(21)22/h4-7,14-15H,8-11H2,1-3H3,(H,19,20)(H,21,22)/t14-,15+/m0/s1. The highest BCUT2D eigenvalue weighted by molar-refractivity contribution is 5.82. The lowest BCUT2D eigenvalue weighted by molar-refractivity contribution is -0.151. The lowest BCUT2D eigenvalue weighted by Crippen LogP contribution is -2.37. The second-order valence-corrected chi connectivity index (χ2v) is 6.94. The van der Waals surface area contributed by atoms with Crippen molar-refractivity contribution in [3.63, 3.8) is 0 Å². The summed E-state index contributed by atoms with van der Waals surface area (Å²) in [7, 11) is 0. The molecule has 1 aliphatic heterocycles. The van der Waals surface area contributed by atoms with E-state index in [1.165, 1.54) is 5.56 Å². The molecule has 0 unspecified atom stereocenters. The minimum Gasteiger partial charge on any atom is -0.492 e. The number of hydrogen-bond acceptors (Lipinski definition) is 4. The van der Waals surface area contributed by atoms with Crippen molar-refractivity contribution in [3.05, 3.63) is 29.8 Å². The highest BCUT2D eigenvalue weighted by atomic mass is 16.5. The molecule has 1 aliphatic rings. The highest BCUT2D eigenvalue weighted by Gasteiger charge is 2.34. The maximum atomic E-state index is 11.9. The Balaban J connectivity index is 1.69. The molecule has 1 fully saturated rings. The average Bonchev–Trinajstić information content (AvgIpc) is 3.01. The summed E-state index contributed by atoms with van der Waals surface area (Å²) in [5.41, 5.74) is 1.33. The summed E-state index contributed by atoms with van der Waals surface area (Å²) >= 11 is 0. The maximum absolute atomic E-state index is 11.9. The van der Waals surface area contributed by atoms with Crippen LogP contribution in [-0.4, -0.2) is 42.3 Å². The first-order valence-corrected chi connectivity index (χ1v) is 8.16. The number of carbonyl (C=O) groups is 2. The molecule has 0 spiro atoms. The largest absolute Gasteiger partial charge is 0.492 e. The maximum Gasteiger partial charge on any atom is 0.332 e. The smallest absolute Gasteiger partial charge is 0.332 e. The number of benzene rings is 1. The summed E-state index contributed by atoms with van der Waals surface area (Å²) in [6, 6.07) is 7.90. The van der Waals surface area contributed by atoms with Crippen molar-refractivity contribution in [1.82, 2.24) is 5.32 Å². The third-order valence-corrected chi connectivity index (χ3v) is 3.98. The number of carbonyl (C=O) groups excluding carboxylic acids is 1. The zero-order valence-electron chi connectivity index (χ0n) is 14.4. The van der Waals surface area contributed by atoms with Crippen LogP contribution in [0, 0.1) is 0 Å². The Morgan fingerprint density at radius 1 is 1.21 bits per heavy atom. The average molecular weight is 335 g/mol. The quantitative estimate of drug-likeness (QED) is 0.778. The van der Waals surface area contributed by atoms with Gasteiger partial charge in [-0.1, -0.05) is 32.9 Å². The summed E-state index contributed by atoms with van der Waals surface area (Å²) < 4.78 is 10.8. The molecule has 1 amide bonds. The molecule has 1 saturated heterocycles. The van der Waals surface area contributed by atoms with E-state index in [0.717, 1.165) is 5.75 Å². The van der Waals surface area contributed by atoms with Crippen LogP contribution in [0.3, 0.4) is 0 Å². The fraction of sp³-hybridized carbons (Fsp3) is 0.556. The molecule has 0 aromatic heterocycles. The first kappa shape index (κ1) is 18.3. The molecule has 6 heteroatoms. The Kier molecular flexibility index (Phi) is 5.83. The van der Waals surface area contributed by atoms with Crippen LogP contribution >= 0.6 is 0 Å². The van der Waals surface area contributed by atoms with Crippen molar-refractivity contribution in [2.75, 3.05) is 13.2 Å². The van der Waals surface area contributed by atoms with E-state index in [2.05, 4.69) is 26.1 Å². The second kappa shape index (κ2) is 7.66. The van der Waals surface area contributed by atoms with Gasteiger partial charge in [-0.05, 0) is 36.0 Å². The van der Waals surface area contributed by atoms with Crippen LogP contribution in [0.5, 0.6) is 5.75 Å². The summed E-state index contributed by atoms with van der Waals surface area (Å²) in [5.74, 6) is -0.557. The first-order valence-electron chi connectivity index (χ1n) is 8.16. The molecule has 132 valence electrons. The normalized spacial score (nSPS) is 20.6. The van der Waals surface area contributed by atoms with Crippen LogP contribution in [0.2, 0.25) is 0 Å². The summed E-state index contributed by atoms with van der Waals surface area (Å²) in [6.07, 6.45) is -0.766. The Morgan fingerprint density at radius 3 is 2.38 bits per heavy atom. The molecule has 6 nitrogen and oxygen atoms in total. The van der Waals surface area contributed by atoms with Crippen molar-refractivity contribution in [2.24, 2.45) is 0 Å². The molecule has 1 aromatic rings. The van der Waals surface area contributed by atoms with Gasteiger partial charge in [-0.2, -0.15) is 0 Å². The van der Waals surface area contributed by atoms with E-state index in [1.54, 1.807) is 0 Å².